The first-order valence-electron chi connectivity index (χ1n) is 8.14. The molecule has 4 heteroatoms. The smallest absolute Gasteiger partial charge is 0.136 e. The Bertz CT molecular complexity index is 464. The molecule has 3 rings (SSSR count). The molecule has 0 bridgehead atoms. The Labute approximate surface area is 121 Å². The summed E-state index contributed by atoms with van der Waals surface area (Å²) in [5.74, 6) is 4.66. The summed E-state index contributed by atoms with van der Waals surface area (Å²) >= 11 is 0. The van der Waals surface area contributed by atoms with Crippen molar-refractivity contribution in [1.82, 2.24) is 9.97 Å². The molecule has 1 aromatic heterocycles. The molecule has 2 saturated carbocycles. The van der Waals surface area contributed by atoms with Gasteiger partial charge in [-0.25, -0.2) is 9.97 Å². The Hall–Kier alpha value is -1.32. The Morgan fingerprint density at radius 2 is 1.65 bits per heavy atom. The maximum absolute atomic E-state index is 4.76. The maximum Gasteiger partial charge on any atom is 0.136 e. The van der Waals surface area contributed by atoms with Gasteiger partial charge in [0.2, 0.25) is 0 Å². The molecule has 2 fully saturated rings. The van der Waals surface area contributed by atoms with E-state index in [4.69, 9.17) is 9.97 Å². The lowest BCUT2D eigenvalue weighted by Gasteiger charge is -2.15. The van der Waals surface area contributed by atoms with E-state index < -0.39 is 0 Å². The van der Waals surface area contributed by atoms with Gasteiger partial charge in [-0.2, -0.15) is 0 Å². The summed E-state index contributed by atoms with van der Waals surface area (Å²) in [5.41, 5.74) is 1.17. The van der Waals surface area contributed by atoms with Crippen LogP contribution < -0.4 is 10.6 Å². The molecule has 0 unspecified atom stereocenters. The molecule has 0 amide bonds. The van der Waals surface area contributed by atoms with Crippen LogP contribution in [-0.2, 0) is 0 Å². The second-order valence-electron chi connectivity index (χ2n) is 6.26. The normalized spacial score (nSPS) is 18.1. The fourth-order valence-electron chi connectivity index (χ4n) is 2.45. The highest BCUT2D eigenvalue weighted by Crippen LogP contribution is 2.39. The molecule has 110 valence electrons. The van der Waals surface area contributed by atoms with Crippen LogP contribution in [0.3, 0.4) is 0 Å². The van der Waals surface area contributed by atoms with Crippen molar-refractivity contribution in [2.24, 2.45) is 5.92 Å². The van der Waals surface area contributed by atoms with Gasteiger partial charge in [-0.1, -0.05) is 19.8 Å². The average molecular weight is 274 g/mol. The first-order chi connectivity index (χ1) is 9.78. The molecule has 0 atom stereocenters. The summed E-state index contributed by atoms with van der Waals surface area (Å²) in [6.45, 7) is 6.32. The molecular weight excluding hydrogens is 248 g/mol. The summed E-state index contributed by atoms with van der Waals surface area (Å²) in [6.07, 6.45) is 7.73. The Morgan fingerprint density at radius 3 is 2.20 bits per heavy atom. The van der Waals surface area contributed by atoms with E-state index in [9.17, 15) is 0 Å². The Kier molecular flexibility index (Phi) is 4.08. The molecule has 2 aliphatic rings. The second kappa shape index (κ2) is 5.98. The number of anilines is 2. The molecular formula is C16H26N4. The van der Waals surface area contributed by atoms with Crippen molar-refractivity contribution in [3.63, 3.8) is 0 Å². The third kappa shape index (κ3) is 3.41. The number of rotatable bonds is 8. The molecule has 0 aromatic carbocycles. The summed E-state index contributed by atoms with van der Waals surface area (Å²) in [5, 5.41) is 6.98. The van der Waals surface area contributed by atoms with Crippen LogP contribution in [0.25, 0.3) is 0 Å². The van der Waals surface area contributed by atoms with E-state index in [1.54, 1.807) is 0 Å². The highest BCUT2D eigenvalue weighted by atomic mass is 15.1. The summed E-state index contributed by atoms with van der Waals surface area (Å²) in [4.78, 5) is 9.48. The van der Waals surface area contributed by atoms with Gasteiger partial charge in [0.25, 0.3) is 0 Å². The van der Waals surface area contributed by atoms with Crippen molar-refractivity contribution in [3.8, 4) is 0 Å². The van der Waals surface area contributed by atoms with Crippen LogP contribution in [0.4, 0.5) is 11.6 Å². The van der Waals surface area contributed by atoms with Gasteiger partial charge in [0.05, 0.1) is 0 Å². The molecule has 20 heavy (non-hydrogen) atoms. The van der Waals surface area contributed by atoms with Gasteiger partial charge in [-0.15, -0.1) is 0 Å². The van der Waals surface area contributed by atoms with Gasteiger partial charge in [-0.05, 0) is 38.5 Å². The van der Waals surface area contributed by atoms with Crippen molar-refractivity contribution < 1.29 is 0 Å². The molecule has 2 N–H and O–H groups in total. The lowest BCUT2D eigenvalue weighted by atomic mass is 10.2. The Balaban J connectivity index is 1.72. The molecule has 0 spiro atoms. The van der Waals surface area contributed by atoms with Crippen molar-refractivity contribution in [1.29, 1.82) is 0 Å². The van der Waals surface area contributed by atoms with E-state index in [0.717, 1.165) is 42.9 Å². The maximum atomic E-state index is 4.76. The monoisotopic (exact) mass is 274 g/mol. The lowest BCUT2D eigenvalue weighted by Crippen LogP contribution is -2.12. The standard InChI is InChI=1S/C16H26N4/c1-3-9-17-14-11(2)15(18-10-8-12-4-5-12)20-16(19-14)13-6-7-13/h12-13H,3-10H2,1-2H3,(H2,17,18,19,20). The van der Waals surface area contributed by atoms with Gasteiger partial charge in [-0.3, -0.25) is 0 Å². The van der Waals surface area contributed by atoms with Crippen LogP contribution in [0.2, 0.25) is 0 Å². The average Bonchev–Trinajstić information content (AvgIpc) is 3.31. The Morgan fingerprint density at radius 1 is 1.00 bits per heavy atom. The van der Waals surface area contributed by atoms with E-state index in [2.05, 4.69) is 24.5 Å². The first-order valence-corrected chi connectivity index (χ1v) is 8.14. The summed E-state index contributed by atoms with van der Waals surface area (Å²) in [7, 11) is 0. The van der Waals surface area contributed by atoms with E-state index in [0.29, 0.717) is 5.92 Å². The molecule has 4 nitrogen and oxygen atoms in total. The number of hydrogen-bond acceptors (Lipinski definition) is 4. The van der Waals surface area contributed by atoms with Crippen LogP contribution in [0.5, 0.6) is 0 Å². The zero-order valence-electron chi connectivity index (χ0n) is 12.7. The van der Waals surface area contributed by atoms with Gasteiger partial charge < -0.3 is 10.6 Å². The minimum absolute atomic E-state index is 0.599. The zero-order chi connectivity index (χ0) is 13.9. The predicted octanol–water partition coefficient (Wildman–Crippen LogP) is 3.70. The SMILES string of the molecule is CCCNc1nc(C2CC2)nc(NCCC2CC2)c1C. The third-order valence-electron chi connectivity index (χ3n) is 4.19. The van der Waals surface area contributed by atoms with Gasteiger partial charge in [0.15, 0.2) is 0 Å². The second-order valence-corrected chi connectivity index (χ2v) is 6.26. The summed E-state index contributed by atoms with van der Waals surface area (Å²) in [6, 6.07) is 0. The van der Waals surface area contributed by atoms with Crippen LogP contribution in [0.1, 0.15) is 62.8 Å². The highest BCUT2D eigenvalue weighted by Gasteiger charge is 2.28. The topological polar surface area (TPSA) is 49.8 Å². The number of nitrogens with one attached hydrogen (secondary N) is 2. The van der Waals surface area contributed by atoms with E-state index in [-0.39, 0.29) is 0 Å². The van der Waals surface area contributed by atoms with Crippen molar-refractivity contribution >= 4 is 11.6 Å². The van der Waals surface area contributed by atoms with E-state index >= 15 is 0 Å². The highest BCUT2D eigenvalue weighted by molar-refractivity contribution is 5.57. The molecule has 1 heterocycles. The number of hydrogen-bond donors (Lipinski definition) is 2. The minimum atomic E-state index is 0.599. The van der Waals surface area contributed by atoms with Gasteiger partial charge in [0.1, 0.15) is 17.5 Å². The lowest BCUT2D eigenvalue weighted by molar-refractivity contribution is 0.755. The molecule has 1 aromatic rings. The molecule has 0 radical (unpaired) electrons. The largest absolute Gasteiger partial charge is 0.370 e. The first kappa shape index (κ1) is 13.7. The van der Waals surface area contributed by atoms with E-state index in [1.165, 1.54) is 37.7 Å². The fraction of sp³-hybridized carbons (Fsp3) is 0.750. The van der Waals surface area contributed by atoms with Crippen molar-refractivity contribution in [3.05, 3.63) is 11.4 Å². The van der Waals surface area contributed by atoms with Crippen LogP contribution >= 0.6 is 0 Å². The van der Waals surface area contributed by atoms with Gasteiger partial charge >= 0.3 is 0 Å². The predicted molar refractivity (Wildman–Crippen MR) is 83.4 cm³/mol. The number of aromatic nitrogens is 2. The van der Waals surface area contributed by atoms with E-state index in [1.807, 2.05) is 0 Å². The zero-order valence-corrected chi connectivity index (χ0v) is 12.7. The molecule has 2 aliphatic carbocycles. The number of nitrogens with zero attached hydrogens (tertiary/aromatic N) is 2. The van der Waals surface area contributed by atoms with Crippen molar-refractivity contribution in [2.75, 3.05) is 23.7 Å². The quantitative estimate of drug-likeness (QED) is 0.759. The van der Waals surface area contributed by atoms with Gasteiger partial charge in [0, 0.05) is 24.6 Å². The molecule has 0 saturated heterocycles. The summed E-state index contributed by atoms with van der Waals surface area (Å²) < 4.78 is 0. The third-order valence-corrected chi connectivity index (χ3v) is 4.19. The van der Waals surface area contributed by atoms with Crippen molar-refractivity contribution in [2.45, 2.75) is 58.3 Å². The van der Waals surface area contributed by atoms with Crippen LogP contribution in [0.15, 0.2) is 0 Å². The minimum Gasteiger partial charge on any atom is -0.370 e. The fourth-order valence-corrected chi connectivity index (χ4v) is 2.45. The van der Waals surface area contributed by atoms with Crippen LogP contribution in [-0.4, -0.2) is 23.1 Å². The van der Waals surface area contributed by atoms with Crippen LogP contribution in [0, 0.1) is 12.8 Å². The molecule has 0 aliphatic heterocycles.